The summed E-state index contributed by atoms with van der Waals surface area (Å²) >= 11 is 11.7. The monoisotopic (exact) mass is 350 g/mol. The van der Waals surface area contributed by atoms with E-state index in [1.807, 2.05) is 0 Å². The number of halogens is 2. The molecule has 2 heteroatoms. The van der Waals surface area contributed by atoms with Crippen LogP contribution < -0.4 is 0 Å². The van der Waals surface area contributed by atoms with Crippen LogP contribution in [0.5, 0.6) is 0 Å². The fourth-order valence-corrected chi connectivity index (χ4v) is 3.30. The Morgan fingerprint density at radius 2 is 0.864 bits per heavy atom. The van der Waals surface area contributed by atoms with E-state index in [-0.39, 0.29) is 5.38 Å². The van der Waals surface area contributed by atoms with Crippen molar-refractivity contribution in [2.75, 3.05) is 5.88 Å². The Kier molecular flexibility index (Phi) is 20.1. The summed E-state index contributed by atoms with van der Waals surface area (Å²) in [6, 6.07) is 0. The van der Waals surface area contributed by atoms with Crippen LogP contribution in [0.4, 0.5) is 0 Å². The Morgan fingerprint density at radius 1 is 0.545 bits per heavy atom. The predicted octanol–water partition coefficient (Wildman–Crippen LogP) is 8.48. The van der Waals surface area contributed by atoms with Crippen LogP contribution in [-0.2, 0) is 0 Å². The number of hydrogen-bond donors (Lipinski definition) is 0. The van der Waals surface area contributed by atoms with Crippen LogP contribution in [-0.4, -0.2) is 11.3 Å². The number of rotatable bonds is 18. The molecule has 0 radical (unpaired) electrons. The fraction of sp³-hybridized carbons (Fsp3) is 1.00. The van der Waals surface area contributed by atoms with Gasteiger partial charge in [0.05, 0.1) is 0 Å². The second-order valence-corrected chi connectivity index (χ2v) is 7.77. The molecule has 1 atom stereocenters. The van der Waals surface area contributed by atoms with Gasteiger partial charge in [-0.05, 0) is 6.42 Å². The van der Waals surface area contributed by atoms with Gasteiger partial charge in [0.1, 0.15) is 0 Å². The minimum absolute atomic E-state index is 0.188. The summed E-state index contributed by atoms with van der Waals surface area (Å²) in [7, 11) is 0. The zero-order chi connectivity index (χ0) is 16.3. The summed E-state index contributed by atoms with van der Waals surface area (Å²) in [6.07, 6.45) is 23.8. The Labute approximate surface area is 150 Å². The van der Waals surface area contributed by atoms with E-state index in [9.17, 15) is 0 Å². The van der Waals surface area contributed by atoms with Crippen molar-refractivity contribution in [3.8, 4) is 0 Å². The van der Waals surface area contributed by atoms with Crippen molar-refractivity contribution in [2.45, 2.75) is 121 Å². The van der Waals surface area contributed by atoms with Crippen molar-refractivity contribution < 1.29 is 0 Å². The van der Waals surface area contributed by atoms with E-state index in [4.69, 9.17) is 23.2 Å². The largest absolute Gasteiger partial charge is 0.125 e. The molecule has 134 valence electrons. The molecule has 0 heterocycles. The maximum absolute atomic E-state index is 6.00. The number of alkyl halides is 2. The average Bonchev–Trinajstić information content (AvgIpc) is 2.54. The molecule has 0 aromatic heterocycles. The molecular weight excluding hydrogens is 311 g/mol. The van der Waals surface area contributed by atoms with E-state index in [0.29, 0.717) is 5.88 Å². The van der Waals surface area contributed by atoms with Crippen LogP contribution in [0.2, 0.25) is 0 Å². The molecule has 0 spiro atoms. The van der Waals surface area contributed by atoms with E-state index in [1.54, 1.807) is 0 Å². The second-order valence-electron chi connectivity index (χ2n) is 6.84. The maximum atomic E-state index is 6.00. The molecule has 0 aliphatic heterocycles. The molecular formula is C20H40Cl2. The molecule has 0 aliphatic carbocycles. The molecule has 0 saturated carbocycles. The smallest absolute Gasteiger partial charge is 0.0471 e. The summed E-state index contributed by atoms with van der Waals surface area (Å²) in [4.78, 5) is 0. The summed E-state index contributed by atoms with van der Waals surface area (Å²) in [5.41, 5.74) is 0. The third kappa shape index (κ3) is 18.6. The summed E-state index contributed by atoms with van der Waals surface area (Å²) < 4.78 is 0. The molecule has 0 bridgehead atoms. The van der Waals surface area contributed by atoms with Gasteiger partial charge in [-0.2, -0.15) is 0 Å². The normalized spacial score (nSPS) is 12.7. The highest BCUT2D eigenvalue weighted by molar-refractivity contribution is 6.28. The summed E-state index contributed by atoms with van der Waals surface area (Å²) in [5, 5.41) is 0.188. The van der Waals surface area contributed by atoms with Gasteiger partial charge in [-0.1, -0.05) is 110 Å². The predicted molar refractivity (Wildman–Crippen MR) is 105 cm³/mol. The lowest BCUT2D eigenvalue weighted by atomic mass is 10.0. The van der Waals surface area contributed by atoms with Gasteiger partial charge < -0.3 is 0 Å². The quantitative estimate of drug-likeness (QED) is 0.171. The van der Waals surface area contributed by atoms with Crippen molar-refractivity contribution in [3.63, 3.8) is 0 Å². The van der Waals surface area contributed by atoms with Crippen LogP contribution in [0.1, 0.15) is 116 Å². The molecule has 0 saturated heterocycles. The molecule has 0 nitrogen and oxygen atoms in total. The zero-order valence-electron chi connectivity index (χ0n) is 15.1. The molecule has 0 aromatic rings. The Balaban J connectivity index is 2.97. The van der Waals surface area contributed by atoms with Gasteiger partial charge in [0.2, 0.25) is 0 Å². The van der Waals surface area contributed by atoms with Crippen LogP contribution >= 0.6 is 23.2 Å². The minimum atomic E-state index is 0.188. The first-order chi connectivity index (χ1) is 10.8. The third-order valence-electron chi connectivity index (χ3n) is 4.54. The van der Waals surface area contributed by atoms with E-state index in [0.717, 1.165) is 6.42 Å². The first-order valence-electron chi connectivity index (χ1n) is 10.0. The molecule has 0 amide bonds. The molecule has 0 N–H and O–H groups in total. The Hall–Kier alpha value is 0.580. The van der Waals surface area contributed by atoms with Gasteiger partial charge in [-0.15, -0.1) is 23.2 Å². The first-order valence-corrected chi connectivity index (χ1v) is 11.0. The van der Waals surface area contributed by atoms with Gasteiger partial charge >= 0.3 is 0 Å². The van der Waals surface area contributed by atoms with Gasteiger partial charge in [0, 0.05) is 11.3 Å². The minimum Gasteiger partial charge on any atom is -0.125 e. The molecule has 1 unspecified atom stereocenters. The van der Waals surface area contributed by atoms with E-state index < -0.39 is 0 Å². The van der Waals surface area contributed by atoms with Gasteiger partial charge in [0.25, 0.3) is 0 Å². The maximum Gasteiger partial charge on any atom is 0.0471 e. The van der Waals surface area contributed by atoms with Crippen molar-refractivity contribution in [1.29, 1.82) is 0 Å². The van der Waals surface area contributed by atoms with Crippen LogP contribution in [0.25, 0.3) is 0 Å². The lowest BCUT2D eigenvalue weighted by molar-refractivity contribution is 0.527. The van der Waals surface area contributed by atoms with E-state index >= 15 is 0 Å². The van der Waals surface area contributed by atoms with Crippen molar-refractivity contribution in [3.05, 3.63) is 0 Å². The first kappa shape index (κ1) is 22.6. The topological polar surface area (TPSA) is 0 Å². The Morgan fingerprint density at radius 3 is 1.18 bits per heavy atom. The fourth-order valence-electron chi connectivity index (χ4n) is 2.99. The average molecular weight is 351 g/mol. The van der Waals surface area contributed by atoms with Crippen LogP contribution in [0.3, 0.4) is 0 Å². The van der Waals surface area contributed by atoms with Gasteiger partial charge in [-0.25, -0.2) is 0 Å². The summed E-state index contributed by atoms with van der Waals surface area (Å²) in [5.74, 6) is 0.598. The standard InChI is InChI=1S/C20H40Cl2/c1-2-3-4-5-6-7-8-9-10-11-12-13-14-15-16-17-18-20(22)19-21/h20H,2-19H2,1H3. The number of unbranched alkanes of at least 4 members (excludes halogenated alkanes) is 15. The van der Waals surface area contributed by atoms with Crippen molar-refractivity contribution >= 4 is 23.2 Å². The van der Waals surface area contributed by atoms with Gasteiger partial charge in [-0.3, -0.25) is 0 Å². The number of hydrogen-bond acceptors (Lipinski definition) is 0. The lowest BCUT2D eigenvalue weighted by Crippen LogP contribution is -1.99. The Bertz CT molecular complexity index is 194. The van der Waals surface area contributed by atoms with Gasteiger partial charge in [0.15, 0.2) is 0 Å². The lowest BCUT2D eigenvalue weighted by Gasteiger charge is -2.05. The summed E-state index contributed by atoms with van der Waals surface area (Å²) in [6.45, 7) is 2.29. The zero-order valence-corrected chi connectivity index (χ0v) is 16.6. The van der Waals surface area contributed by atoms with Crippen LogP contribution in [0, 0.1) is 0 Å². The molecule has 0 rings (SSSR count). The van der Waals surface area contributed by atoms with E-state index in [2.05, 4.69) is 6.92 Å². The SMILES string of the molecule is CCCCCCCCCCCCCCCCCCC(Cl)CCl. The molecule has 0 aliphatic rings. The highest BCUT2D eigenvalue weighted by atomic mass is 35.5. The van der Waals surface area contributed by atoms with E-state index in [1.165, 1.54) is 103 Å². The highest BCUT2D eigenvalue weighted by Gasteiger charge is 2.01. The second kappa shape index (κ2) is 19.6. The third-order valence-corrected chi connectivity index (χ3v) is 5.44. The van der Waals surface area contributed by atoms with Crippen molar-refractivity contribution in [1.82, 2.24) is 0 Å². The van der Waals surface area contributed by atoms with Crippen LogP contribution in [0.15, 0.2) is 0 Å². The molecule has 22 heavy (non-hydrogen) atoms. The molecule has 0 aromatic carbocycles. The molecule has 0 fully saturated rings. The highest BCUT2D eigenvalue weighted by Crippen LogP contribution is 2.15. The van der Waals surface area contributed by atoms with Crippen molar-refractivity contribution in [2.24, 2.45) is 0 Å².